The van der Waals surface area contributed by atoms with E-state index >= 15 is 0 Å². The highest BCUT2D eigenvalue weighted by Gasteiger charge is 2.27. The van der Waals surface area contributed by atoms with Gasteiger partial charge in [0.05, 0.1) is 18.0 Å². The minimum Gasteiger partial charge on any atom is -0.461 e. The zero-order valence-electron chi connectivity index (χ0n) is 13.6. The zero-order chi connectivity index (χ0) is 18.1. The SMILES string of the molecule is CC(C)OC(=O)[C@H](CCC(=O)C=N)NC(=O)[C@H](O)c1ccccn1. The first kappa shape index (κ1) is 19.4. The number of carbonyl (C=O) groups is 3. The lowest BCUT2D eigenvalue weighted by Gasteiger charge is -2.20. The molecule has 8 heteroatoms. The number of hydrogen-bond acceptors (Lipinski definition) is 7. The molecule has 3 N–H and O–H groups in total. The van der Waals surface area contributed by atoms with Gasteiger partial charge in [-0.2, -0.15) is 0 Å². The van der Waals surface area contributed by atoms with Crippen LogP contribution in [-0.4, -0.2) is 46.1 Å². The molecule has 0 spiro atoms. The van der Waals surface area contributed by atoms with Gasteiger partial charge in [-0.15, -0.1) is 0 Å². The van der Waals surface area contributed by atoms with Gasteiger partial charge in [0.25, 0.3) is 5.91 Å². The highest BCUT2D eigenvalue weighted by atomic mass is 16.5. The first-order valence-corrected chi connectivity index (χ1v) is 7.48. The summed E-state index contributed by atoms with van der Waals surface area (Å²) in [6, 6.07) is 3.64. The molecule has 130 valence electrons. The van der Waals surface area contributed by atoms with Crippen LogP contribution in [0.1, 0.15) is 38.5 Å². The van der Waals surface area contributed by atoms with Crippen molar-refractivity contribution in [2.75, 3.05) is 0 Å². The summed E-state index contributed by atoms with van der Waals surface area (Å²) in [5.74, 6) is -2.00. The smallest absolute Gasteiger partial charge is 0.328 e. The summed E-state index contributed by atoms with van der Waals surface area (Å²) in [4.78, 5) is 39.3. The summed E-state index contributed by atoms with van der Waals surface area (Å²) in [5, 5.41) is 19.2. The largest absolute Gasteiger partial charge is 0.461 e. The number of ketones is 1. The third kappa shape index (κ3) is 6.25. The maximum Gasteiger partial charge on any atom is 0.328 e. The van der Waals surface area contributed by atoms with Gasteiger partial charge in [0.1, 0.15) is 6.04 Å². The van der Waals surface area contributed by atoms with Crippen molar-refractivity contribution in [1.29, 1.82) is 5.41 Å². The molecule has 24 heavy (non-hydrogen) atoms. The van der Waals surface area contributed by atoms with Crippen LogP contribution in [0.3, 0.4) is 0 Å². The Labute approximate surface area is 139 Å². The number of aromatic nitrogens is 1. The molecule has 0 radical (unpaired) electrons. The van der Waals surface area contributed by atoms with Gasteiger partial charge < -0.3 is 20.6 Å². The van der Waals surface area contributed by atoms with E-state index in [1.165, 1.54) is 12.3 Å². The minimum atomic E-state index is -1.54. The number of nitrogens with zero attached hydrogens (tertiary/aromatic N) is 1. The number of hydrogen-bond donors (Lipinski definition) is 3. The second-order valence-electron chi connectivity index (χ2n) is 5.35. The van der Waals surface area contributed by atoms with Gasteiger partial charge in [0, 0.05) is 12.6 Å². The number of ether oxygens (including phenoxy) is 1. The quantitative estimate of drug-likeness (QED) is 0.446. The summed E-state index contributed by atoms with van der Waals surface area (Å²) in [7, 11) is 0. The molecule has 1 aromatic rings. The number of aliphatic hydroxyl groups is 1. The van der Waals surface area contributed by atoms with Crippen LogP contribution >= 0.6 is 0 Å². The summed E-state index contributed by atoms with van der Waals surface area (Å²) in [6.07, 6.45) is 0.0195. The molecule has 0 unspecified atom stereocenters. The van der Waals surface area contributed by atoms with Gasteiger partial charge in [0.15, 0.2) is 11.9 Å². The molecule has 1 rings (SSSR count). The third-order valence-corrected chi connectivity index (χ3v) is 3.01. The van der Waals surface area contributed by atoms with Gasteiger partial charge in [-0.1, -0.05) is 6.07 Å². The Morgan fingerprint density at radius 3 is 2.62 bits per heavy atom. The molecule has 0 aliphatic rings. The summed E-state index contributed by atoms with van der Waals surface area (Å²) in [6.45, 7) is 3.31. The van der Waals surface area contributed by atoms with Crippen molar-refractivity contribution in [3.63, 3.8) is 0 Å². The van der Waals surface area contributed by atoms with E-state index in [1.54, 1.807) is 26.0 Å². The van der Waals surface area contributed by atoms with Crippen LogP contribution in [0.4, 0.5) is 0 Å². The lowest BCUT2D eigenvalue weighted by Crippen LogP contribution is -2.45. The first-order valence-electron chi connectivity index (χ1n) is 7.48. The van der Waals surface area contributed by atoms with E-state index in [1.807, 2.05) is 0 Å². The molecule has 0 aliphatic heterocycles. The summed E-state index contributed by atoms with van der Waals surface area (Å²) < 4.78 is 5.05. The van der Waals surface area contributed by atoms with E-state index < -0.39 is 35.9 Å². The van der Waals surface area contributed by atoms with E-state index in [0.717, 1.165) is 0 Å². The van der Waals surface area contributed by atoms with E-state index in [2.05, 4.69) is 10.3 Å². The molecule has 1 heterocycles. The number of aliphatic hydroxyl groups excluding tert-OH is 1. The van der Waals surface area contributed by atoms with Gasteiger partial charge >= 0.3 is 5.97 Å². The average molecular weight is 335 g/mol. The predicted octanol–water partition coefficient (Wildman–Crippen LogP) is 0.550. The maximum absolute atomic E-state index is 12.1. The molecule has 1 amide bonds. The van der Waals surface area contributed by atoms with Crippen molar-refractivity contribution < 1.29 is 24.2 Å². The predicted molar refractivity (Wildman–Crippen MR) is 85.4 cm³/mol. The van der Waals surface area contributed by atoms with E-state index in [0.29, 0.717) is 6.21 Å². The fraction of sp³-hybridized carbons (Fsp3) is 0.438. The van der Waals surface area contributed by atoms with Crippen molar-refractivity contribution in [3.05, 3.63) is 30.1 Å². The number of amides is 1. The molecule has 2 atom stereocenters. The number of nitrogens with one attached hydrogen (secondary N) is 2. The Kier molecular flexibility index (Phi) is 7.70. The van der Waals surface area contributed by atoms with Crippen LogP contribution < -0.4 is 5.32 Å². The Bertz CT molecular complexity index is 589. The van der Waals surface area contributed by atoms with Crippen molar-refractivity contribution in [3.8, 4) is 0 Å². The molecule has 1 aromatic heterocycles. The molecule has 0 bridgehead atoms. The standard InChI is InChI=1S/C16H21N3O5/c1-10(2)24-16(23)13(7-6-11(20)9-17)19-15(22)14(21)12-5-3-4-8-18-12/h3-5,8-10,13-14,17,21H,6-7H2,1-2H3,(H,19,22)/t13-,14+/m0/s1. The Balaban J connectivity index is 2.78. The van der Waals surface area contributed by atoms with Crippen LogP contribution in [-0.2, 0) is 19.1 Å². The zero-order valence-corrected chi connectivity index (χ0v) is 13.6. The van der Waals surface area contributed by atoms with Crippen LogP contribution in [0.15, 0.2) is 24.4 Å². The Morgan fingerprint density at radius 2 is 2.08 bits per heavy atom. The third-order valence-electron chi connectivity index (χ3n) is 3.01. The number of Topliss-reactive ketones (excluding diaryl/α,β-unsaturated/α-hetero) is 1. The van der Waals surface area contributed by atoms with Crippen LogP contribution in [0.5, 0.6) is 0 Å². The summed E-state index contributed by atoms with van der Waals surface area (Å²) >= 11 is 0. The van der Waals surface area contributed by atoms with Crippen LogP contribution in [0.2, 0.25) is 0 Å². The molecular formula is C16H21N3O5. The molecule has 0 saturated heterocycles. The molecule has 0 fully saturated rings. The fourth-order valence-electron chi connectivity index (χ4n) is 1.84. The van der Waals surface area contributed by atoms with Gasteiger partial charge in [0.2, 0.25) is 0 Å². The fourth-order valence-corrected chi connectivity index (χ4v) is 1.84. The van der Waals surface area contributed by atoms with Crippen molar-refractivity contribution in [2.45, 2.75) is 44.9 Å². The van der Waals surface area contributed by atoms with E-state index in [-0.39, 0.29) is 18.5 Å². The summed E-state index contributed by atoms with van der Waals surface area (Å²) in [5.41, 5.74) is 0.140. The van der Waals surface area contributed by atoms with Gasteiger partial charge in [-0.3, -0.25) is 14.6 Å². The minimum absolute atomic E-state index is 0.0273. The number of rotatable bonds is 9. The first-order chi connectivity index (χ1) is 11.3. The maximum atomic E-state index is 12.1. The number of pyridine rings is 1. The van der Waals surface area contributed by atoms with Crippen molar-refractivity contribution in [1.82, 2.24) is 10.3 Å². The van der Waals surface area contributed by atoms with E-state index in [9.17, 15) is 19.5 Å². The number of esters is 1. The van der Waals surface area contributed by atoms with Gasteiger partial charge in [-0.25, -0.2) is 4.79 Å². The van der Waals surface area contributed by atoms with Gasteiger partial charge in [-0.05, 0) is 32.4 Å². The Hall–Kier alpha value is -2.61. The molecule has 0 aliphatic carbocycles. The second-order valence-corrected chi connectivity index (χ2v) is 5.35. The Morgan fingerprint density at radius 1 is 1.38 bits per heavy atom. The molecule has 0 aromatic carbocycles. The lowest BCUT2D eigenvalue weighted by atomic mass is 10.1. The molecular weight excluding hydrogens is 314 g/mol. The molecule has 0 saturated carbocycles. The lowest BCUT2D eigenvalue weighted by molar-refractivity contribution is -0.152. The highest BCUT2D eigenvalue weighted by molar-refractivity contribution is 6.26. The second kappa shape index (κ2) is 9.51. The van der Waals surface area contributed by atoms with Crippen molar-refractivity contribution in [2.24, 2.45) is 0 Å². The van der Waals surface area contributed by atoms with E-state index in [4.69, 9.17) is 10.1 Å². The van der Waals surface area contributed by atoms with Crippen LogP contribution in [0, 0.1) is 5.41 Å². The molecule has 8 nitrogen and oxygen atoms in total. The van der Waals surface area contributed by atoms with Crippen LogP contribution in [0.25, 0.3) is 0 Å². The van der Waals surface area contributed by atoms with Crippen molar-refractivity contribution >= 4 is 23.9 Å². The normalized spacial score (nSPS) is 13.0. The monoisotopic (exact) mass is 335 g/mol. The highest BCUT2D eigenvalue weighted by Crippen LogP contribution is 2.11. The topological polar surface area (TPSA) is 129 Å². The average Bonchev–Trinajstić information content (AvgIpc) is 2.57. The number of carbonyl (C=O) groups excluding carboxylic acids is 3.